The van der Waals surface area contributed by atoms with Crippen LogP contribution in [0.15, 0.2) is 24.3 Å². The molecular weight excluding hydrogens is 256 g/mol. The minimum absolute atomic E-state index is 0.362. The lowest BCUT2D eigenvalue weighted by molar-refractivity contribution is 0.0642. The molecule has 0 bridgehead atoms. The first-order chi connectivity index (χ1) is 9.27. The van der Waals surface area contributed by atoms with Gasteiger partial charge in [-0.3, -0.25) is 0 Å². The molecule has 1 aromatic rings. The molecule has 2 atom stereocenters. The topological polar surface area (TPSA) is 44.3 Å². The molecule has 0 aliphatic carbocycles. The van der Waals surface area contributed by atoms with Gasteiger partial charge < -0.3 is 15.7 Å². The van der Waals surface area contributed by atoms with Crippen molar-refractivity contribution in [2.45, 2.75) is 30.9 Å². The highest BCUT2D eigenvalue weighted by Crippen LogP contribution is 2.31. The predicted molar refractivity (Wildman–Crippen MR) is 81.8 cm³/mol. The van der Waals surface area contributed by atoms with E-state index in [1.807, 2.05) is 11.8 Å². The number of para-hydroxylation sites is 1. The van der Waals surface area contributed by atoms with Gasteiger partial charge in [-0.2, -0.15) is 11.8 Å². The van der Waals surface area contributed by atoms with Gasteiger partial charge in [0.2, 0.25) is 0 Å². The maximum atomic E-state index is 10.4. The second-order valence-corrected chi connectivity index (χ2v) is 6.72. The van der Waals surface area contributed by atoms with Crippen LogP contribution in [0.5, 0.6) is 0 Å². The van der Waals surface area contributed by atoms with Crippen LogP contribution in [0.25, 0.3) is 0 Å². The Morgan fingerprint density at radius 2 is 2.32 bits per heavy atom. The molecule has 19 heavy (non-hydrogen) atoms. The summed E-state index contributed by atoms with van der Waals surface area (Å²) >= 11 is 1.86. The van der Waals surface area contributed by atoms with Crippen molar-refractivity contribution in [2.24, 2.45) is 0 Å². The Labute approximate surface area is 119 Å². The second-order valence-electron chi connectivity index (χ2n) is 5.62. The highest BCUT2D eigenvalue weighted by atomic mass is 32.2. The molecule has 1 aromatic carbocycles. The van der Waals surface area contributed by atoms with E-state index < -0.39 is 5.60 Å². The smallest absolute Gasteiger partial charge is 0.0869 e. The van der Waals surface area contributed by atoms with Crippen LogP contribution in [0.1, 0.15) is 30.9 Å². The first kappa shape index (κ1) is 13.3. The van der Waals surface area contributed by atoms with Crippen LogP contribution in [-0.2, 0) is 0 Å². The number of benzene rings is 1. The van der Waals surface area contributed by atoms with Crippen molar-refractivity contribution in [3.05, 3.63) is 29.8 Å². The van der Waals surface area contributed by atoms with Crippen molar-refractivity contribution in [3.8, 4) is 0 Å². The number of thioether (sulfide) groups is 1. The molecule has 0 spiro atoms. The predicted octanol–water partition coefficient (Wildman–Crippen LogP) is 2.39. The molecule has 0 aromatic heterocycles. The zero-order valence-electron chi connectivity index (χ0n) is 11.2. The Morgan fingerprint density at radius 1 is 1.42 bits per heavy atom. The van der Waals surface area contributed by atoms with Gasteiger partial charge in [0.15, 0.2) is 0 Å². The SMILES string of the molecule is O[C@@]1(CN[C@@H]2CCCNc3ccccc32)CCSC1. The van der Waals surface area contributed by atoms with Crippen molar-refractivity contribution in [1.82, 2.24) is 5.32 Å². The molecule has 3 N–H and O–H groups in total. The normalized spacial score (nSPS) is 30.5. The molecule has 104 valence electrons. The standard InChI is InChI=1S/C15H22N2OS/c18-15(7-9-19-11-15)10-17-14-6-3-8-16-13-5-2-1-4-12(13)14/h1-2,4-5,14,16-18H,3,6-11H2/t14-,15-/m1/s1. The summed E-state index contributed by atoms with van der Waals surface area (Å²) in [5.74, 6) is 1.95. The average Bonchev–Trinajstić information content (AvgIpc) is 2.75. The summed E-state index contributed by atoms with van der Waals surface area (Å²) in [5, 5.41) is 17.5. The maximum absolute atomic E-state index is 10.4. The van der Waals surface area contributed by atoms with E-state index in [0.717, 1.165) is 30.9 Å². The number of aliphatic hydroxyl groups is 1. The lowest BCUT2D eigenvalue weighted by atomic mass is 9.99. The van der Waals surface area contributed by atoms with Crippen LogP contribution in [0.4, 0.5) is 5.69 Å². The second kappa shape index (κ2) is 5.73. The van der Waals surface area contributed by atoms with Gasteiger partial charge in [-0.05, 0) is 36.6 Å². The third-order valence-electron chi connectivity index (χ3n) is 4.08. The molecule has 0 amide bonds. The van der Waals surface area contributed by atoms with E-state index in [1.165, 1.54) is 17.7 Å². The van der Waals surface area contributed by atoms with Gasteiger partial charge in [0.05, 0.1) is 5.60 Å². The Bertz CT molecular complexity index is 432. The van der Waals surface area contributed by atoms with E-state index in [4.69, 9.17) is 0 Å². The highest BCUT2D eigenvalue weighted by molar-refractivity contribution is 7.99. The van der Waals surface area contributed by atoms with Gasteiger partial charge in [-0.15, -0.1) is 0 Å². The van der Waals surface area contributed by atoms with E-state index in [0.29, 0.717) is 12.6 Å². The fraction of sp³-hybridized carbons (Fsp3) is 0.600. The molecule has 2 aliphatic rings. The van der Waals surface area contributed by atoms with Crippen molar-refractivity contribution in [2.75, 3.05) is 29.9 Å². The fourth-order valence-electron chi connectivity index (χ4n) is 2.91. The van der Waals surface area contributed by atoms with Crippen molar-refractivity contribution < 1.29 is 5.11 Å². The molecule has 0 radical (unpaired) electrons. The van der Waals surface area contributed by atoms with Crippen LogP contribution in [0.2, 0.25) is 0 Å². The molecular formula is C15H22N2OS. The average molecular weight is 278 g/mol. The summed E-state index contributed by atoms with van der Waals surface area (Å²) < 4.78 is 0. The highest BCUT2D eigenvalue weighted by Gasteiger charge is 2.32. The number of hydrogen-bond donors (Lipinski definition) is 3. The number of nitrogens with one attached hydrogen (secondary N) is 2. The Morgan fingerprint density at radius 3 is 3.16 bits per heavy atom. The maximum Gasteiger partial charge on any atom is 0.0869 e. The minimum atomic E-state index is -0.501. The van der Waals surface area contributed by atoms with Crippen LogP contribution >= 0.6 is 11.8 Å². The number of fused-ring (bicyclic) bond motifs is 1. The summed E-state index contributed by atoms with van der Waals surface area (Å²) in [5.41, 5.74) is 2.08. The summed E-state index contributed by atoms with van der Waals surface area (Å²) in [6.45, 7) is 1.74. The molecule has 1 fully saturated rings. The molecule has 0 unspecified atom stereocenters. The molecule has 0 saturated carbocycles. The Hall–Kier alpha value is -0.710. The third kappa shape index (κ3) is 3.07. The van der Waals surface area contributed by atoms with Crippen molar-refractivity contribution >= 4 is 17.4 Å². The molecule has 3 nitrogen and oxygen atoms in total. The quantitative estimate of drug-likeness (QED) is 0.794. The zero-order valence-corrected chi connectivity index (χ0v) is 12.0. The van der Waals surface area contributed by atoms with Crippen LogP contribution < -0.4 is 10.6 Å². The van der Waals surface area contributed by atoms with Crippen molar-refractivity contribution in [1.29, 1.82) is 0 Å². The Kier molecular flexibility index (Phi) is 4.01. The van der Waals surface area contributed by atoms with E-state index in [9.17, 15) is 5.11 Å². The molecule has 1 saturated heterocycles. The lowest BCUT2D eigenvalue weighted by Gasteiger charge is -2.26. The largest absolute Gasteiger partial charge is 0.388 e. The first-order valence-electron chi connectivity index (χ1n) is 7.13. The van der Waals surface area contributed by atoms with Crippen LogP contribution in [0, 0.1) is 0 Å². The van der Waals surface area contributed by atoms with Crippen LogP contribution in [0.3, 0.4) is 0 Å². The summed E-state index contributed by atoms with van der Waals surface area (Å²) in [6, 6.07) is 8.88. The fourth-order valence-corrected chi connectivity index (χ4v) is 4.20. The molecule has 4 heteroatoms. The monoisotopic (exact) mass is 278 g/mol. The van der Waals surface area contributed by atoms with E-state index >= 15 is 0 Å². The zero-order chi connectivity index (χ0) is 13.1. The Balaban J connectivity index is 1.70. The summed E-state index contributed by atoms with van der Waals surface area (Å²) in [7, 11) is 0. The number of anilines is 1. The minimum Gasteiger partial charge on any atom is -0.388 e. The third-order valence-corrected chi connectivity index (χ3v) is 5.32. The van der Waals surface area contributed by atoms with E-state index in [-0.39, 0.29) is 0 Å². The van der Waals surface area contributed by atoms with E-state index in [1.54, 1.807) is 0 Å². The summed E-state index contributed by atoms with van der Waals surface area (Å²) in [4.78, 5) is 0. The van der Waals surface area contributed by atoms with Gasteiger partial charge in [0.25, 0.3) is 0 Å². The van der Waals surface area contributed by atoms with Gasteiger partial charge >= 0.3 is 0 Å². The lowest BCUT2D eigenvalue weighted by Crippen LogP contribution is -2.41. The van der Waals surface area contributed by atoms with Gasteiger partial charge in [0.1, 0.15) is 0 Å². The van der Waals surface area contributed by atoms with Crippen LogP contribution in [-0.4, -0.2) is 35.3 Å². The van der Waals surface area contributed by atoms with Gasteiger partial charge in [-0.25, -0.2) is 0 Å². The first-order valence-corrected chi connectivity index (χ1v) is 8.29. The molecule has 2 heterocycles. The number of rotatable bonds is 3. The number of hydrogen-bond acceptors (Lipinski definition) is 4. The molecule has 3 rings (SSSR count). The van der Waals surface area contributed by atoms with Gasteiger partial charge in [-0.1, -0.05) is 18.2 Å². The van der Waals surface area contributed by atoms with Crippen molar-refractivity contribution in [3.63, 3.8) is 0 Å². The van der Waals surface area contributed by atoms with Gasteiger partial charge in [0, 0.05) is 30.6 Å². The molecule has 2 aliphatic heterocycles. The summed E-state index contributed by atoms with van der Waals surface area (Å²) in [6.07, 6.45) is 3.21. The van der Waals surface area contributed by atoms with E-state index in [2.05, 4.69) is 34.9 Å².